The predicted molar refractivity (Wildman–Crippen MR) is 84.3 cm³/mol. The zero-order chi connectivity index (χ0) is 12.4. The summed E-state index contributed by atoms with van der Waals surface area (Å²) in [5, 5.41) is 5.68. The molecule has 0 saturated carbocycles. The summed E-state index contributed by atoms with van der Waals surface area (Å²) in [4.78, 5) is 4.04. The smallest absolute Gasteiger partial charge is 0.0776 e. The van der Waals surface area contributed by atoms with E-state index in [0.29, 0.717) is 6.04 Å². The summed E-state index contributed by atoms with van der Waals surface area (Å²) >= 11 is 10.8. The van der Waals surface area contributed by atoms with E-state index in [-0.39, 0.29) is 0 Å². The number of aryl methyl sites for hydroxylation is 1. The third kappa shape index (κ3) is 3.01. The van der Waals surface area contributed by atoms with Crippen LogP contribution >= 0.6 is 54.5 Å². The molecule has 0 spiro atoms. The minimum Gasteiger partial charge on any atom is -0.305 e. The first-order valence-corrected chi connectivity index (χ1v) is 8.63. The van der Waals surface area contributed by atoms with Gasteiger partial charge in [0, 0.05) is 23.6 Å². The molecule has 2 aromatic heterocycles. The van der Waals surface area contributed by atoms with Crippen LogP contribution in [0.5, 0.6) is 0 Å². The van der Waals surface area contributed by atoms with Gasteiger partial charge in [-0.05, 0) is 62.8 Å². The van der Waals surface area contributed by atoms with Crippen LogP contribution in [-0.4, -0.2) is 6.54 Å². The molecule has 92 valence electrons. The lowest BCUT2D eigenvalue weighted by Crippen LogP contribution is -2.20. The molecular formula is C12H13Br2NS2. The van der Waals surface area contributed by atoms with Crippen LogP contribution in [0.15, 0.2) is 26.5 Å². The Morgan fingerprint density at radius 1 is 1.35 bits per heavy atom. The summed E-state index contributed by atoms with van der Waals surface area (Å²) in [6, 6.07) is 4.63. The van der Waals surface area contributed by atoms with Gasteiger partial charge in [-0.2, -0.15) is 0 Å². The number of thiophene rings is 2. The Kier molecular flexibility index (Phi) is 4.83. The predicted octanol–water partition coefficient (Wildman–Crippen LogP) is 5.34. The van der Waals surface area contributed by atoms with Gasteiger partial charge >= 0.3 is 0 Å². The first-order valence-electron chi connectivity index (χ1n) is 5.35. The lowest BCUT2D eigenvalue weighted by atomic mass is 10.2. The maximum Gasteiger partial charge on any atom is 0.0776 e. The average molecular weight is 395 g/mol. The molecule has 1 unspecified atom stereocenters. The third-order valence-electron chi connectivity index (χ3n) is 2.48. The molecule has 0 aliphatic heterocycles. The molecule has 2 aromatic rings. The van der Waals surface area contributed by atoms with Crippen LogP contribution in [0, 0.1) is 6.92 Å². The molecule has 0 radical (unpaired) electrons. The van der Waals surface area contributed by atoms with E-state index in [1.165, 1.54) is 23.6 Å². The summed E-state index contributed by atoms with van der Waals surface area (Å²) in [6.07, 6.45) is 0. The standard InChI is InChI=1S/C12H13Br2NS2/c1-3-15-11(12-8(13)4-5-16-12)10-6-9(14)7(2)17-10/h4-6,11,15H,3H2,1-2H3. The SMILES string of the molecule is CCNC(c1cc(Br)c(C)s1)c1sccc1Br. The van der Waals surface area contributed by atoms with Gasteiger partial charge in [0.1, 0.15) is 0 Å². The van der Waals surface area contributed by atoms with Crippen LogP contribution in [-0.2, 0) is 0 Å². The molecule has 0 aliphatic carbocycles. The minimum absolute atomic E-state index is 0.296. The number of halogens is 2. The molecule has 17 heavy (non-hydrogen) atoms. The molecule has 0 saturated heterocycles. The number of rotatable bonds is 4. The minimum atomic E-state index is 0.296. The Bertz CT molecular complexity index is 485. The van der Waals surface area contributed by atoms with Gasteiger partial charge in [0.2, 0.25) is 0 Å². The van der Waals surface area contributed by atoms with Crippen LogP contribution in [0.2, 0.25) is 0 Å². The van der Waals surface area contributed by atoms with E-state index in [1.54, 1.807) is 11.3 Å². The zero-order valence-electron chi connectivity index (χ0n) is 9.59. The van der Waals surface area contributed by atoms with E-state index < -0.39 is 0 Å². The molecule has 2 heterocycles. The lowest BCUT2D eigenvalue weighted by molar-refractivity contribution is 0.647. The van der Waals surface area contributed by atoms with Gasteiger partial charge in [-0.3, -0.25) is 0 Å². The van der Waals surface area contributed by atoms with Gasteiger partial charge in [-0.15, -0.1) is 22.7 Å². The second kappa shape index (κ2) is 5.97. The molecule has 0 amide bonds. The van der Waals surface area contributed by atoms with Crippen LogP contribution in [0.4, 0.5) is 0 Å². The molecule has 1 atom stereocenters. The first-order chi connectivity index (χ1) is 8.13. The van der Waals surface area contributed by atoms with E-state index in [2.05, 4.69) is 68.5 Å². The van der Waals surface area contributed by atoms with Gasteiger partial charge in [0.25, 0.3) is 0 Å². The molecule has 1 nitrogen and oxygen atoms in total. The van der Waals surface area contributed by atoms with Crippen molar-refractivity contribution < 1.29 is 0 Å². The average Bonchev–Trinajstić information content (AvgIpc) is 2.83. The van der Waals surface area contributed by atoms with Crippen molar-refractivity contribution in [1.82, 2.24) is 5.32 Å². The number of hydrogen-bond acceptors (Lipinski definition) is 3. The highest BCUT2D eigenvalue weighted by Crippen LogP contribution is 2.38. The Morgan fingerprint density at radius 2 is 2.12 bits per heavy atom. The summed E-state index contributed by atoms with van der Waals surface area (Å²) in [5.74, 6) is 0. The second-order valence-electron chi connectivity index (χ2n) is 3.68. The second-order valence-corrected chi connectivity index (χ2v) is 7.62. The van der Waals surface area contributed by atoms with Gasteiger partial charge < -0.3 is 5.32 Å². The van der Waals surface area contributed by atoms with Crippen molar-refractivity contribution in [3.05, 3.63) is 41.1 Å². The molecule has 2 rings (SSSR count). The fourth-order valence-corrected chi connectivity index (χ4v) is 5.08. The highest BCUT2D eigenvalue weighted by atomic mass is 79.9. The number of hydrogen-bond donors (Lipinski definition) is 1. The van der Waals surface area contributed by atoms with E-state index in [9.17, 15) is 0 Å². The molecule has 1 N–H and O–H groups in total. The Balaban J connectivity index is 2.39. The van der Waals surface area contributed by atoms with Crippen molar-refractivity contribution in [2.45, 2.75) is 19.9 Å². The van der Waals surface area contributed by atoms with Crippen molar-refractivity contribution in [3.63, 3.8) is 0 Å². The topological polar surface area (TPSA) is 12.0 Å². The first kappa shape index (κ1) is 13.7. The maximum absolute atomic E-state index is 3.62. The summed E-state index contributed by atoms with van der Waals surface area (Å²) < 4.78 is 2.39. The molecule has 5 heteroatoms. The maximum atomic E-state index is 3.62. The summed E-state index contributed by atoms with van der Waals surface area (Å²) in [6.45, 7) is 5.25. The van der Waals surface area contributed by atoms with Crippen molar-refractivity contribution in [2.24, 2.45) is 0 Å². The normalized spacial score (nSPS) is 12.9. The van der Waals surface area contributed by atoms with Crippen molar-refractivity contribution in [1.29, 1.82) is 0 Å². The van der Waals surface area contributed by atoms with E-state index >= 15 is 0 Å². The van der Waals surface area contributed by atoms with Crippen molar-refractivity contribution in [2.75, 3.05) is 6.54 Å². The van der Waals surface area contributed by atoms with Gasteiger partial charge in [0.05, 0.1) is 6.04 Å². The summed E-state index contributed by atoms with van der Waals surface area (Å²) in [5.41, 5.74) is 0. The van der Waals surface area contributed by atoms with Gasteiger partial charge in [-0.25, -0.2) is 0 Å². The fourth-order valence-electron chi connectivity index (χ4n) is 1.66. The van der Waals surface area contributed by atoms with Crippen LogP contribution < -0.4 is 5.32 Å². The molecule has 0 bridgehead atoms. The quantitative estimate of drug-likeness (QED) is 0.737. The van der Waals surface area contributed by atoms with E-state index in [1.807, 2.05) is 11.3 Å². The van der Waals surface area contributed by atoms with Gasteiger partial charge in [-0.1, -0.05) is 6.92 Å². The molecule has 0 aromatic carbocycles. The van der Waals surface area contributed by atoms with E-state index in [0.717, 1.165) is 6.54 Å². The Morgan fingerprint density at radius 3 is 2.59 bits per heavy atom. The van der Waals surface area contributed by atoms with Crippen molar-refractivity contribution >= 4 is 54.5 Å². The van der Waals surface area contributed by atoms with Gasteiger partial charge in [0.15, 0.2) is 0 Å². The number of nitrogens with one attached hydrogen (secondary N) is 1. The monoisotopic (exact) mass is 393 g/mol. The van der Waals surface area contributed by atoms with Crippen LogP contribution in [0.3, 0.4) is 0 Å². The Hall–Kier alpha value is 0.320. The largest absolute Gasteiger partial charge is 0.305 e. The highest BCUT2D eigenvalue weighted by Gasteiger charge is 2.19. The zero-order valence-corrected chi connectivity index (χ0v) is 14.4. The van der Waals surface area contributed by atoms with Crippen LogP contribution in [0.25, 0.3) is 0 Å². The lowest BCUT2D eigenvalue weighted by Gasteiger charge is -2.15. The third-order valence-corrected chi connectivity index (χ3v) is 6.61. The highest BCUT2D eigenvalue weighted by molar-refractivity contribution is 9.10. The van der Waals surface area contributed by atoms with E-state index in [4.69, 9.17) is 0 Å². The molecule has 0 fully saturated rings. The summed E-state index contributed by atoms with van der Waals surface area (Å²) in [7, 11) is 0. The fraction of sp³-hybridized carbons (Fsp3) is 0.333. The van der Waals surface area contributed by atoms with Crippen molar-refractivity contribution in [3.8, 4) is 0 Å². The molecule has 0 aliphatic rings. The molecular weight excluding hydrogens is 382 g/mol. The Labute approximate surface area is 127 Å². The van der Waals surface area contributed by atoms with Crippen LogP contribution in [0.1, 0.15) is 27.6 Å².